The molecule has 18 heavy (non-hydrogen) atoms. The highest BCUT2D eigenvalue weighted by Crippen LogP contribution is 2.29. The Balaban J connectivity index is 2.50. The number of carboxylic acids is 1. The Morgan fingerprint density at radius 3 is 2.22 bits per heavy atom. The Bertz CT molecular complexity index is 301. The molecule has 0 bridgehead atoms. The second kappa shape index (κ2) is 6.21. The van der Waals surface area contributed by atoms with Crippen LogP contribution in [0.5, 0.6) is 0 Å². The molecule has 1 rings (SSSR count). The second-order valence-corrected chi connectivity index (χ2v) is 6.23. The minimum atomic E-state index is -0.945. The topological polar surface area (TPSA) is 57.6 Å². The standard InChI is InChI=1S/C14H25NO3/c1-14(2,3)15(10-13(17)18)12(16)9-8-11-6-4-5-7-11/h11H,4-10H2,1-3H3,(H,17,18). The summed E-state index contributed by atoms with van der Waals surface area (Å²) < 4.78 is 0. The average molecular weight is 255 g/mol. The monoisotopic (exact) mass is 255 g/mol. The van der Waals surface area contributed by atoms with Gasteiger partial charge in [-0.05, 0) is 33.1 Å². The number of hydrogen-bond acceptors (Lipinski definition) is 2. The summed E-state index contributed by atoms with van der Waals surface area (Å²) in [5, 5.41) is 8.88. The highest BCUT2D eigenvalue weighted by molar-refractivity contribution is 5.82. The molecule has 4 nitrogen and oxygen atoms in total. The van der Waals surface area contributed by atoms with E-state index in [1.165, 1.54) is 30.6 Å². The van der Waals surface area contributed by atoms with Crippen LogP contribution in [0.2, 0.25) is 0 Å². The summed E-state index contributed by atoms with van der Waals surface area (Å²) in [6, 6.07) is 0. The van der Waals surface area contributed by atoms with E-state index in [0.717, 1.165) is 6.42 Å². The lowest BCUT2D eigenvalue weighted by Crippen LogP contribution is -2.48. The predicted molar refractivity (Wildman–Crippen MR) is 70.3 cm³/mol. The van der Waals surface area contributed by atoms with Crippen molar-refractivity contribution in [3.63, 3.8) is 0 Å². The molecule has 0 unspecified atom stereocenters. The first-order chi connectivity index (χ1) is 8.30. The Hall–Kier alpha value is -1.06. The van der Waals surface area contributed by atoms with Crippen LogP contribution in [0.3, 0.4) is 0 Å². The summed E-state index contributed by atoms with van der Waals surface area (Å²) in [5.41, 5.74) is -0.425. The SMILES string of the molecule is CC(C)(C)N(CC(=O)O)C(=O)CCC1CCCC1. The number of nitrogens with zero attached hydrogens (tertiary/aromatic N) is 1. The van der Waals surface area contributed by atoms with Crippen molar-refractivity contribution in [1.29, 1.82) is 0 Å². The Morgan fingerprint density at radius 1 is 1.22 bits per heavy atom. The zero-order valence-corrected chi connectivity index (χ0v) is 11.7. The fraction of sp³-hybridized carbons (Fsp3) is 0.857. The molecule has 1 aliphatic carbocycles. The van der Waals surface area contributed by atoms with Gasteiger partial charge in [-0.1, -0.05) is 25.7 Å². The molecule has 1 N–H and O–H groups in total. The van der Waals surface area contributed by atoms with Crippen molar-refractivity contribution in [1.82, 2.24) is 4.90 Å². The molecular weight excluding hydrogens is 230 g/mol. The third-order valence-electron chi connectivity index (χ3n) is 3.65. The fourth-order valence-electron chi connectivity index (χ4n) is 2.60. The molecule has 1 aliphatic rings. The van der Waals surface area contributed by atoms with Crippen molar-refractivity contribution in [3.8, 4) is 0 Å². The number of aliphatic carboxylic acids is 1. The van der Waals surface area contributed by atoms with Gasteiger partial charge in [0.1, 0.15) is 6.54 Å². The molecule has 0 atom stereocenters. The molecule has 0 saturated heterocycles. The first-order valence-corrected chi connectivity index (χ1v) is 6.83. The van der Waals surface area contributed by atoms with E-state index in [4.69, 9.17) is 5.11 Å². The Labute approximate surface area is 109 Å². The molecule has 0 aromatic carbocycles. The van der Waals surface area contributed by atoms with Crippen LogP contribution in [-0.2, 0) is 9.59 Å². The molecule has 0 radical (unpaired) electrons. The van der Waals surface area contributed by atoms with Gasteiger partial charge < -0.3 is 10.0 Å². The molecule has 0 aromatic rings. The normalized spacial score (nSPS) is 16.8. The maximum absolute atomic E-state index is 12.1. The quantitative estimate of drug-likeness (QED) is 0.821. The van der Waals surface area contributed by atoms with Gasteiger partial charge in [0.15, 0.2) is 0 Å². The molecule has 0 heterocycles. The van der Waals surface area contributed by atoms with E-state index in [0.29, 0.717) is 12.3 Å². The van der Waals surface area contributed by atoms with E-state index in [-0.39, 0.29) is 12.5 Å². The minimum Gasteiger partial charge on any atom is -0.480 e. The van der Waals surface area contributed by atoms with E-state index in [2.05, 4.69) is 0 Å². The molecular formula is C14H25NO3. The lowest BCUT2D eigenvalue weighted by molar-refractivity contribution is -0.148. The lowest BCUT2D eigenvalue weighted by Gasteiger charge is -2.34. The molecule has 0 aromatic heterocycles. The maximum Gasteiger partial charge on any atom is 0.323 e. The lowest BCUT2D eigenvalue weighted by atomic mass is 9.99. The van der Waals surface area contributed by atoms with E-state index in [1.54, 1.807) is 0 Å². The third-order valence-corrected chi connectivity index (χ3v) is 3.65. The van der Waals surface area contributed by atoms with Crippen molar-refractivity contribution in [2.24, 2.45) is 5.92 Å². The minimum absolute atomic E-state index is 0.0307. The van der Waals surface area contributed by atoms with Gasteiger partial charge in [0.2, 0.25) is 5.91 Å². The summed E-state index contributed by atoms with van der Waals surface area (Å²) in [6.07, 6.45) is 6.39. The van der Waals surface area contributed by atoms with Gasteiger partial charge in [0.05, 0.1) is 0 Å². The number of carbonyl (C=O) groups is 2. The van der Waals surface area contributed by atoms with Gasteiger partial charge in [-0.3, -0.25) is 9.59 Å². The molecule has 104 valence electrons. The molecule has 4 heteroatoms. The number of carbonyl (C=O) groups excluding carboxylic acids is 1. The van der Waals surface area contributed by atoms with Crippen molar-refractivity contribution >= 4 is 11.9 Å². The van der Waals surface area contributed by atoms with Crippen LogP contribution >= 0.6 is 0 Å². The van der Waals surface area contributed by atoms with Crippen LogP contribution in [0.15, 0.2) is 0 Å². The molecule has 1 saturated carbocycles. The first kappa shape index (κ1) is 15.0. The van der Waals surface area contributed by atoms with Crippen molar-refractivity contribution in [2.45, 2.75) is 64.8 Å². The smallest absolute Gasteiger partial charge is 0.323 e. The first-order valence-electron chi connectivity index (χ1n) is 6.83. The van der Waals surface area contributed by atoms with Crippen LogP contribution in [0.1, 0.15) is 59.3 Å². The van der Waals surface area contributed by atoms with Gasteiger partial charge in [-0.15, -0.1) is 0 Å². The Kier molecular flexibility index (Phi) is 5.17. The van der Waals surface area contributed by atoms with Crippen molar-refractivity contribution in [3.05, 3.63) is 0 Å². The largest absolute Gasteiger partial charge is 0.480 e. The number of carboxylic acid groups (broad SMARTS) is 1. The van der Waals surface area contributed by atoms with Gasteiger partial charge in [-0.2, -0.15) is 0 Å². The summed E-state index contributed by atoms with van der Waals surface area (Å²) >= 11 is 0. The van der Waals surface area contributed by atoms with Crippen LogP contribution in [0, 0.1) is 5.92 Å². The van der Waals surface area contributed by atoms with Crippen LogP contribution < -0.4 is 0 Å². The average Bonchev–Trinajstić information content (AvgIpc) is 2.73. The van der Waals surface area contributed by atoms with E-state index >= 15 is 0 Å². The van der Waals surface area contributed by atoms with E-state index in [9.17, 15) is 9.59 Å². The zero-order valence-electron chi connectivity index (χ0n) is 11.7. The summed E-state index contributed by atoms with van der Waals surface area (Å²) in [7, 11) is 0. The second-order valence-electron chi connectivity index (χ2n) is 6.23. The third kappa shape index (κ3) is 4.67. The van der Waals surface area contributed by atoms with Gasteiger partial charge in [0, 0.05) is 12.0 Å². The van der Waals surface area contributed by atoms with Gasteiger partial charge >= 0.3 is 5.97 Å². The highest BCUT2D eigenvalue weighted by Gasteiger charge is 2.28. The summed E-state index contributed by atoms with van der Waals surface area (Å²) in [4.78, 5) is 24.4. The van der Waals surface area contributed by atoms with E-state index < -0.39 is 11.5 Å². The van der Waals surface area contributed by atoms with Gasteiger partial charge in [0.25, 0.3) is 0 Å². The number of amides is 1. The molecule has 1 amide bonds. The fourth-order valence-corrected chi connectivity index (χ4v) is 2.60. The van der Waals surface area contributed by atoms with Crippen molar-refractivity contribution in [2.75, 3.05) is 6.54 Å². The van der Waals surface area contributed by atoms with Crippen LogP contribution in [-0.4, -0.2) is 34.0 Å². The predicted octanol–water partition coefficient (Wildman–Crippen LogP) is 2.67. The molecule has 1 fully saturated rings. The van der Waals surface area contributed by atoms with Gasteiger partial charge in [-0.25, -0.2) is 0 Å². The number of rotatable bonds is 5. The summed E-state index contributed by atoms with van der Waals surface area (Å²) in [6.45, 7) is 5.43. The van der Waals surface area contributed by atoms with Crippen LogP contribution in [0.4, 0.5) is 0 Å². The number of hydrogen-bond donors (Lipinski definition) is 1. The van der Waals surface area contributed by atoms with Crippen molar-refractivity contribution < 1.29 is 14.7 Å². The molecule has 0 spiro atoms. The van der Waals surface area contributed by atoms with E-state index in [1.807, 2.05) is 20.8 Å². The summed E-state index contributed by atoms with van der Waals surface area (Å²) in [5.74, 6) is -0.309. The molecule has 0 aliphatic heterocycles. The zero-order chi connectivity index (χ0) is 13.8. The van der Waals surface area contributed by atoms with Crippen LogP contribution in [0.25, 0.3) is 0 Å². The maximum atomic E-state index is 12.1. The highest BCUT2D eigenvalue weighted by atomic mass is 16.4. The Morgan fingerprint density at radius 2 is 1.78 bits per heavy atom.